The quantitative estimate of drug-likeness (QED) is 0.804. The molecule has 2 rings (SSSR count). The molecule has 106 valence electrons. The molecule has 0 radical (unpaired) electrons. The van der Waals surface area contributed by atoms with Crippen molar-refractivity contribution in [2.45, 2.75) is 19.9 Å². The summed E-state index contributed by atoms with van der Waals surface area (Å²) in [6.07, 6.45) is 2.70. The van der Waals surface area contributed by atoms with Gasteiger partial charge in [0.15, 0.2) is 0 Å². The van der Waals surface area contributed by atoms with Crippen LogP contribution >= 0.6 is 27.5 Å². The topological polar surface area (TPSA) is 42.1 Å². The predicted molar refractivity (Wildman–Crippen MR) is 89.1 cm³/mol. The molecule has 0 bridgehead atoms. The van der Waals surface area contributed by atoms with E-state index in [0.29, 0.717) is 5.02 Å². The second kappa shape index (κ2) is 6.95. The molecule has 1 aromatic carbocycles. The maximum absolute atomic E-state index is 6.03. The Labute approximate surface area is 132 Å². The van der Waals surface area contributed by atoms with Gasteiger partial charge >= 0.3 is 0 Å². The Morgan fingerprint density at radius 3 is 2.75 bits per heavy atom. The fraction of sp³-hybridized carbons (Fsp3) is 0.267. The lowest BCUT2D eigenvalue weighted by molar-refractivity contribution is 0.754. The molecule has 2 aromatic rings. The van der Waals surface area contributed by atoms with Gasteiger partial charge in [0.25, 0.3) is 0 Å². The van der Waals surface area contributed by atoms with Gasteiger partial charge in [-0.2, -0.15) is 0 Å². The van der Waals surface area contributed by atoms with E-state index in [1.165, 1.54) is 0 Å². The van der Waals surface area contributed by atoms with Crippen LogP contribution < -0.4 is 10.6 Å². The summed E-state index contributed by atoms with van der Waals surface area (Å²) in [7, 11) is 0. The van der Waals surface area contributed by atoms with Crippen molar-refractivity contribution in [1.29, 1.82) is 0 Å². The lowest BCUT2D eigenvalue weighted by Gasteiger charge is -2.25. The van der Waals surface area contributed by atoms with E-state index < -0.39 is 0 Å². The Morgan fingerprint density at radius 2 is 2.10 bits per heavy atom. The average Bonchev–Trinajstić information content (AvgIpc) is 2.41. The molecule has 1 heterocycles. The zero-order chi connectivity index (χ0) is 14.5. The number of anilines is 2. The standard InChI is InChI=1S/C15H17BrClN3/c1-2-7-20(10-11-5-3-4-6-14(11)18)15-13(16)8-12(17)9-19-15/h3-6,8-9H,2,7,10,18H2,1H3. The molecule has 1 aromatic heterocycles. The summed E-state index contributed by atoms with van der Waals surface area (Å²) in [4.78, 5) is 6.63. The number of halogens is 2. The van der Waals surface area contributed by atoms with E-state index in [9.17, 15) is 0 Å². The smallest absolute Gasteiger partial charge is 0.143 e. The van der Waals surface area contributed by atoms with Gasteiger partial charge in [0.05, 0.1) is 9.50 Å². The highest BCUT2D eigenvalue weighted by atomic mass is 79.9. The van der Waals surface area contributed by atoms with Crippen LogP contribution in [0.1, 0.15) is 18.9 Å². The van der Waals surface area contributed by atoms with E-state index in [4.69, 9.17) is 17.3 Å². The van der Waals surface area contributed by atoms with Crippen LogP contribution in [0, 0.1) is 0 Å². The van der Waals surface area contributed by atoms with Crippen molar-refractivity contribution in [3.8, 4) is 0 Å². The number of aromatic nitrogens is 1. The Morgan fingerprint density at radius 1 is 1.35 bits per heavy atom. The van der Waals surface area contributed by atoms with Crippen LogP contribution in [0.5, 0.6) is 0 Å². The van der Waals surface area contributed by atoms with Crippen molar-refractivity contribution in [2.75, 3.05) is 17.2 Å². The number of benzene rings is 1. The molecule has 0 saturated heterocycles. The maximum Gasteiger partial charge on any atom is 0.143 e. The molecule has 5 heteroatoms. The van der Waals surface area contributed by atoms with Crippen molar-refractivity contribution < 1.29 is 0 Å². The summed E-state index contributed by atoms with van der Waals surface area (Å²) >= 11 is 9.48. The molecule has 0 saturated carbocycles. The summed E-state index contributed by atoms with van der Waals surface area (Å²) < 4.78 is 0.896. The molecule has 0 spiro atoms. The van der Waals surface area contributed by atoms with E-state index >= 15 is 0 Å². The molecule has 0 fully saturated rings. The number of hydrogen-bond donors (Lipinski definition) is 1. The molecule has 0 amide bonds. The number of nitrogens with zero attached hydrogens (tertiary/aromatic N) is 2. The fourth-order valence-corrected chi connectivity index (χ4v) is 2.94. The Kier molecular flexibility index (Phi) is 5.26. The van der Waals surface area contributed by atoms with Gasteiger partial charge in [-0.15, -0.1) is 0 Å². The minimum Gasteiger partial charge on any atom is -0.398 e. The van der Waals surface area contributed by atoms with E-state index in [2.05, 4.69) is 32.7 Å². The second-order valence-corrected chi connectivity index (χ2v) is 5.87. The minimum absolute atomic E-state index is 0.622. The van der Waals surface area contributed by atoms with Crippen molar-refractivity contribution in [3.63, 3.8) is 0 Å². The summed E-state index contributed by atoms with van der Waals surface area (Å²) in [5.41, 5.74) is 7.93. The van der Waals surface area contributed by atoms with E-state index in [0.717, 1.165) is 41.1 Å². The van der Waals surface area contributed by atoms with Crippen LogP contribution in [0.3, 0.4) is 0 Å². The van der Waals surface area contributed by atoms with E-state index in [-0.39, 0.29) is 0 Å². The first kappa shape index (κ1) is 15.1. The third kappa shape index (κ3) is 3.64. The zero-order valence-electron chi connectivity index (χ0n) is 11.3. The monoisotopic (exact) mass is 353 g/mol. The number of hydrogen-bond acceptors (Lipinski definition) is 3. The van der Waals surface area contributed by atoms with Crippen LogP contribution in [0.15, 0.2) is 41.0 Å². The number of rotatable bonds is 5. The lowest BCUT2D eigenvalue weighted by Crippen LogP contribution is -2.25. The molecular weight excluding hydrogens is 338 g/mol. The fourth-order valence-electron chi connectivity index (χ4n) is 2.05. The third-order valence-corrected chi connectivity index (χ3v) is 3.79. The number of para-hydroxylation sites is 1. The predicted octanol–water partition coefficient (Wildman–Crippen LogP) is 4.50. The van der Waals surface area contributed by atoms with E-state index in [1.54, 1.807) is 6.20 Å². The summed E-state index contributed by atoms with van der Waals surface area (Å²) in [5.74, 6) is 0.888. The first-order chi connectivity index (χ1) is 9.61. The first-order valence-corrected chi connectivity index (χ1v) is 7.68. The average molecular weight is 355 g/mol. The third-order valence-electron chi connectivity index (χ3n) is 3.00. The van der Waals surface area contributed by atoms with Crippen molar-refractivity contribution in [1.82, 2.24) is 4.98 Å². The SMILES string of the molecule is CCCN(Cc1ccccc1N)c1ncc(Cl)cc1Br. The van der Waals surface area contributed by atoms with Gasteiger partial charge < -0.3 is 10.6 Å². The summed E-state index contributed by atoms with van der Waals surface area (Å²) in [6, 6.07) is 9.77. The van der Waals surface area contributed by atoms with E-state index in [1.807, 2.05) is 30.3 Å². The van der Waals surface area contributed by atoms with Gasteiger partial charge in [0.1, 0.15) is 5.82 Å². The lowest BCUT2D eigenvalue weighted by atomic mass is 10.1. The molecule has 20 heavy (non-hydrogen) atoms. The van der Waals surface area contributed by atoms with Crippen LogP contribution in [-0.2, 0) is 6.54 Å². The molecule has 0 aliphatic rings. The van der Waals surface area contributed by atoms with Gasteiger partial charge in [0, 0.05) is 25.0 Å². The summed E-state index contributed by atoms with van der Waals surface area (Å²) in [6.45, 7) is 3.78. The molecular formula is C15H17BrClN3. The molecule has 0 unspecified atom stereocenters. The molecule has 3 nitrogen and oxygen atoms in total. The Hall–Kier alpha value is -1.26. The van der Waals surface area contributed by atoms with Crippen molar-refractivity contribution in [2.24, 2.45) is 0 Å². The molecule has 0 aliphatic carbocycles. The molecule has 0 atom stereocenters. The first-order valence-electron chi connectivity index (χ1n) is 6.51. The van der Waals surface area contributed by atoms with Crippen molar-refractivity contribution >= 4 is 39.0 Å². The Bertz CT molecular complexity index is 589. The molecule has 0 aliphatic heterocycles. The number of pyridine rings is 1. The van der Waals surface area contributed by atoms with Crippen LogP contribution in [0.25, 0.3) is 0 Å². The van der Waals surface area contributed by atoms with Gasteiger partial charge in [-0.3, -0.25) is 0 Å². The number of nitrogens with two attached hydrogens (primary N) is 1. The van der Waals surface area contributed by atoms with Crippen LogP contribution in [0.2, 0.25) is 5.02 Å². The van der Waals surface area contributed by atoms with Crippen molar-refractivity contribution in [3.05, 3.63) is 51.6 Å². The highest BCUT2D eigenvalue weighted by Crippen LogP contribution is 2.28. The molecule has 2 N–H and O–H groups in total. The Balaban J connectivity index is 2.29. The normalized spacial score (nSPS) is 10.6. The largest absolute Gasteiger partial charge is 0.398 e. The maximum atomic E-state index is 6.03. The highest BCUT2D eigenvalue weighted by molar-refractivity contribution is 9.10. The van der Waals surface area contributed by atoms with Gasteiger partial charge in [0.2, 0.25) is 0 Å². The zero-order valence-corrected chi connectivity index (χ0v) is 13.7. The van der Waals surface area contributed by atoms with Crippen LogP contribution in [0.4, 0.5) is 11.5 Å². The van der Waals surface area contributed by atoms with Crippen LogP contribution in [-0.4, -0.2) is 11.5 Å². The van der Waals surface area contributed by atoms with Gasteiger partial charge in [-0.05, 0) is 40.0 Å². The minimum atomic E-state index is 0.622. The highest BCUT2D eigenvalue weighted by Gasteiger charge is 2.13. The van der Waals surface area contributed by atoms with Gasteiger partial charge in [-0.25, -0.2) is 4.98 Å². The second-order valence-electron chi connectivity index (χ2n) is 4.58. The van der Waals surface area contributed by atoms with Gasteiger partial charge in [-0.1, -0.05) is 36.7 Å². The number of nitrogen functional groups attached to an aromatic ring is 1. The summed E-state index contributed by atoms with van der Waals surface area (Å²) in [5, 5.41) is 0.622.